The molecule has 1 saturated heterocycles. The van der Waals surface area contributed by atoms with Gasteiger partial charge in [-0.05, 0) is 42.7 Å². The minimum atomic E-state index is -0.615. The number of aldehydes is 1. The summed E-state index contributed by atoms with van der Waals surface area (Å²) in [7, 11) is 1.66. The Hall–Kier alpha value is -3.01. The standard InChI is InChI=1S/C17H26O5.C7H6O4/c1-10(2)14-8-15(19)11(3)5-16(14)22-17-7-12(20-4)6-13(9-18)21-17;8-3-4-1-5(9)7(11)6(10)2-4/h5,8,10,12-13,17-19H,6-7,9H2,1-4H3;1-3,9-11H. The van der Waals surface area contributed by atoms with Crippen LogP contribution in [0, 0.1) is 6.92 Å². The van der Waals surface area contributed by atoms with Gasteiger partial charge in [-0.3, -0.25) is 4.79 Å². The van der Waals surface area contributed by atoms with E-state index in [1.807, 2.05) is 26.8 Å². The SMILES string of the molecule is COC1CC(CO)OC(Oc2cc(C)c(O)cc2C(C)C)C1.O=Cc1cc(O)c(O)c(O)c1. The van der Waals surface area contributed by atoms with Crippen LogP contribution in [0.25, 0.3) is 0 Å². The monoisotopic (exact) mass is 464 g/mol. The van der Waals surface area contributed by atoms with E-state index in [1.54, 1.807) is 13.2 Å². The first-order valence-electron chi connectivity index (χ1n) is 10.6. The average Bonchev–Trinajstić information content (AvgIpc) is 2.79. The molecular formula is C24H32O9. The van der Waals surface area contributed by atoms with Gasteiger partial charge in [-0.15, -0.1) is 0 Å². The number of ether oxygens (including phenoxy) is 3. The number of benzene rings is 2. The fourth-order valence-corrected chi connectivity index (χ4v) is 3.39. The van der Waals surface area contributed by atoms with Crippen LogP contribution in [0.2, 0.25) is 0 Å². The summed E-state index contributed by atoms with van der Waals surface area (Å²) in [5.41, 5.74) is 1.81. The summed E-state index contributed by atoms with van der Waals surface area (Å²) < 4.78 is 17.2. The van der Waals surface area contributed by atoms with Crippen molar-refractivity contribution in [1.29, 1.82) is 0 Å². The van der Waals surface area contributed by atoms with Crippen molar-refractivity contribution in [3.63, 3.8) is 0 Å². The van der Waals surface area contributed by atoms with Crippen LogP contribution in [0.5, 0.6) is 28.7 Å². The first-order chi connectivity index (χ1) is 15.6. The third-order valence-electron chi connectivity index (χ3n) is 5.30. The molecule has 182 valence electrons. The second-order valence-electron chi connectivity index (χ2n) is 8.17. The second kappa shape index (κ2) is 11.7. The van der Waals surface area contributed by atoms with Crippen LogP contribution in [-0.2, 0) is 9.47 Å². The number of rotatable bonds is 6. The fraction of sp³-hybridized carbons (Fsp3) is 0.458. The molecule has 0 bridgehead atoms. The zero-order valence-corrected chi connectivity index (χ0v) is 19.2. The van der Waals surface area contributed by atoms with E-state index in [0.29, 0.717) is 24.9 Å². The first-order valence-corrected chi connectivity index (χ1v) is 10.6. The number of aryl methyl sites for hydroxylation is 1. The van der Waals surface area contributed by atoms with Crippen molar-refractivity contribution in [2.24, 2.45) is 0 Å². The van der Waals surface area contributed by atoms with Gasteiger partial charge in [0.05, 0.1) is 18.8 Å². The Morgan fingerprint density at radius 1 is 1.06 bits per heavy atom. The Bertz CT molecular complexity index is 907. The van der Waals surface area contributed by atoms with Crippen LogP contribution >= 0.6 is 0 Å². The normalized spacial score (nSPS) is 20.1. The lowest BCUT2D eigenvalue weighted by molar-refractivity contribution is -0.189. The van der Waals surface area contributed by atoms with Gasteiger partial charge in [0.25, 0.3) is 0 Å². The van der Waals surface area contributed by atoms with Crippen molar-refractivity contribution >= 4 is 6.29 Å². The van der Waals surface area contributed by atoms with Gasteiger partial charge in [0.1, 0.15) is 17.8 Å². The molecule has 1 fully saturated rings. The van der Waals surface area contributed by atoms with Crippen LogP contribution in [-0.4, -0.2) is 64.0 Å². The molecule has 9 heteroatoms. The average molecular weight is 465 g/mol. The van der Waals surface area contributed by atoms with E-state index in [4.69, 9.17) is 29.5 Å². The second-order valence-corrected chi connectivity index (χ2v) is 8.17. The molecule has 5 N–H and O–H groups in total. The molecule has 33 heavy (non-hydrogen) atoms. The molecule has 2 aromatic rings. The van der Waals surface area contributed by atoms with Crippen molar-refractivity contribution in [2.45, 2.75) is 58.0 Å². The Morgan fingerprint density at radius 2 is 1.70 bits per heavy atom. The summed E-state index contributed by atoms with van der Waals surface area (Å²) in [5.74, 6) is -0.431. The molecule has 3 atom stereocenters. The maximum absolute atomic E-state index is 10.1. The molecule has 2 aromatic carbocycles. The van der Waals surface area contributed by atoms with Crippen molar-refractivity contribution in [3.8, 4) is 28.7 Å². The highest BCUT2D eigenvalue weighted by molar-refractivity contribution is 5.78. The van der Waals surface area contributed by atoms with Gasteiger partial charge in [-0.2, -0.15) is 0 Å². The molecule has 1 aliphatic heterocycles. The number of aromatic hydroxyl groups is 4. The van der Waals surface area contributed by atoms with Crippen LogP contribution in [0.3, 0.4) is 0 Å². The summed E-state index contributed by atoms with van der Waals surface area (Å²) in [6.45, 7) is 5.88. The molecule has 3 unspecified atom stereocenters. The summed E-state index contributed by atoms with van der Waals surface area (Å²) in [6, 6.07) is 5.69. The number of phenolic OH excluding ortho intramolecular Hbond substituents is 4. The van der Waals surface area contributed by atoms with Crippen molar-refractivity contribution < 1.29 is 44.5 Å². The summed E-state index contributed by atoms with van der Waals surface area (Å²) in [5, 5.41) is 45.7. The number of carbonyl (C=O) groups is 1. The van der Waals surface area contributed by atoms with Gasteiger partial charge >= 0.3 is 0 Å². The van der Waals surface area contributed by atoms with Gasteiger partial charge in [-0.25, -0.2) is 0 Å². The highest BCUT2D eigenvalue weighted by atomic mass is 16.7. The zero-order valence-electron chi connectivity index (χ0n) is 19.2. The topological polar surface area (TPSA) is 146 Å². The predicted molar refractivity (Wildman–Crippen MR) is 120 cm³/mol. The molecule has 0 aliphatic carbocycles. The van der Waals surface area contributed by atoms with Crippen LogP contribution in [0.15, 0.2) is 24.3 Å². The van der Waals surface area contributed by atoms with Crippen LogP contribution in [0.4, 0.5) is 0 Å². The number of hydrogen-bond acceptors (Lipinski definition) is 9. The van der Waals surface area contributed by atoms with E-state index in [0.717, 1.165) is 23.3 Å². The van der Waals surface area contributed by atoms with Gasteiger partial charge in [0.15, 0.2) is 17.2 Å². The molecule has 1 aliphatic rings. The lowest BCUT2D eigenvalue weighted by Gasteiger charge is -2.34. The van der Waals surface area contributed by atoms with E-state index in [9.17, 15) is 15.0 Å². The number of aliphatic hydroxyl groups is 1. The van der Waals surface area contributed by atoms with Gasteiger partial charge < -0.3 is 39.7 Å². The number of carbonyl (C=O) groups excluding carboxylic acids is 1. The number of phenols is 4. The van der Waals surface area contributed by atoms with E-state index in [1.165, 1.54) is 0 Å². The Labute approximate surface area is 192 Å². The Balaban J connectivity index is 0.000000294. The Morgan fingerprint density at radius 3 is 2.21 bits per heavy atom. The lowest BCUT2D eigenvalue weighted by atomic mass is 9.99. The van der Waals surface area contributed by atoms with E-state index in [-0.39, 0.29) is 36.0 Å². The largest absolute Gasteiger partial charge is 0.508 e. The summed E-state index contributed by atoms with van der Waals surface area (Å²) in [4.78, 5) is 10.1. The third-order valence-corrected chi connectivity index (χ3v) is 5.30. The van der Waals surface area contributed by atoms with Gasteiger partial charge in [0.2, 0.25) is 6.29 Å². The number of aliphatic hydroxyl groups excluding tert-OH is 1. The molecule has 0 amide bonds. The van der Waals surface area contributed by atoms with E-state index >= 15 is 0 Å². The van der Waals surface area contributed by atoms with Crippen molar-refractivity contribution in [3.05, 3.63) is 41.0 Å². The Kier molecular flexibility index (Phi) is 9.33. The lowest BCUT2D eigenvalue weighted by Crippen LogP contribution is -2.41. The molecule has 0 aromatic heterocycles. The maximum atomic E-state index is 10.1. The number of hydrogen-bond donors (Lipinski definition) is 5. The highest BCUT2D eigenvalue weighted by Gasteiger charge is 2.31. The molecule has 9 nitrogen and oxygen atoms in total. The minimum absolute atomic E-state index is 0.0108. The van der Waals surface area contributed by atoms with Gasteiger partial charge in [0, 0.05) is 31.1 Å². The van der Waals surface area contributed by atoms with Gasteiger partial charge in [-0.1, -0.05) is 13.8 Å². The fourth-order valence-electron chi connectivity index (χ4n) is 3.39. The summed E-state index contributed by atoms with van der Waals surface area (Å²) >= 11 is 0. The highest BCUT2D eigenvalue weighted by Crippen LogP contribution is 2.36. The van der Waals surface area contributed by atoms with E-state index in [2.05, 4.69) is 0 Å². The number of methoxy groups -OCH3 is 1. The summed E-state index contributed by atoms with van der Waals surface area (Å²) in [6.07, 6.45) is 1.01. The maximum Gasteiger partial charge on any atom is 0.202 e. The molecular weight excluding hydrogens is 432 g/mol. The predicted octanol–water partition coefficient (Wildman–Crippen LogP) is 3.33. The van der Waals surface area contributed by atoms with Crippen molar-refractivity contribution in [1.82, 2.24) is 0 Å². The van der Waals surface area contributed by atoms with Crippen molar-refractivity contribution in [2.75, 3.05) is 13.7 Å². The third kappa shape index (κ3) is 6.98. The van der Waals surface area contributed by atoms with Crippen LogP contribution in [0.1, 0.15) is 54.1 Å². The minimum Gasteiger partial charge on any atom is -0.508 e. The molecule has 1 heterocycles. The van der Waals surface area contributed by atoms with Crippen LogP contribution < -0.4 is 4.74 Å². The first kappa shape index (κ1) is 26.2. The molecule has 0 spiro atoms. The zero-order chi connectivity index (χ0) is 24.7. The quantitative estimate of drug-likeness (QED) is 0.321. The smallest absolute Gasteiger partial charge is 0.202 e. The van der Waals surface area contributed by atoms with E-state index < -0.39 is 23.5 Å². The molecule has 0 radical (unpaired) electrons. The molecule has 3 rings (SSSR count). The molecule has 0 saturated carbocycles.